The third kappa shape index (κ3) is 4.69. The maximum Gasteiger partial charge on any atom is 0.420 e. The molecule has 10 heteroatoms. The first-order chi connectivity index (χ1) is 14.5. The van der Waals surface area contributed by atoms with E-state index >= 15 is 0 Å². The monoisotopic (exact) mass is 446 g/mol. The molecular weight excluding hydrogens is 424 g/mol. The summed E-state index contributed by atoms with van der Waals surface area (Å²) in [6, 6.07) is 6.71. The number of rotatable bonds is 5. The summed E-state index contributed by atoms with van der Waals surface area (Å²) in [5, 5.41) is 2.74. The highest BCUT2D eigenvalue weighted by Gasteiger charge is 2.29. The molecule has 2 heterocycles. The van der Waals surface area contributed by atoms with Gasteiger partial charge in [-0.1, -0.05) is 12.1 Å². The van der Waals surface area contributed by atoms with Gasteiger partial charge in [-0.2, -0.15) is 0 Å². The number of aromatic nitrogens is 1. The molecule has 1 amide bonds. The van der Waals surface area contributed by atoms with Crippen LogP contribution in [0.4, 0.5) is 5.00 Å². The lowest BCUT2D eigenvalue weighted by Gasteiger charge is -2.19. The van der Waals surface area contributed by atoms with Gasteiger partial charge in [0.15, 0.2) is 5.58 Å². The topological polar surface area (TPSA) is 117 Å². The summed E-state index contributed by atoms with van der Waals surface area (Å²) in [5.41, 5.74) is 0.493. The van der Waals surface area contributed by atoms with Crippen molar-refractivity contribution in [2.24, 2.45) is 0 Å². The average Bonchev–Trinajstić information content (AvgIpc) is 3.16. The zero-order valence-corrected chi connectivity index (χ0v) is 18.5. The minimum absolute atomic E-state index is 0.0612. The number of para-hydroxylation sites is 2. The number of esters is 2. The van der Waals surface area contributed by atoms with Crippen molar-refractivity contribution in [1.82, 2.24) is 4.57 Å². The van der Waals surface area contributed by atoms with Crippen molar-refractivity contribution in [3.05, 3.63) is 50.8 Å². The summed E-state index contributed by atoms with van der Waals surface area (Å²) in [6.07, 6.45) is 0. The lowest BCUT2D eigenvalue weighted by atomic mass is 10.1. The van der Waals surface area contributed by atoms with Crippen molar-refractivity contribution in [2.45, 2.75) is 39.8 Å². The van der Waals surface area contributed by atoms with Crippen LogP contribution in [0.3, 0.4) is 0 Å². The number of fused-ring (bicyclic) bond motifs is 1. The van der Waals surface area contributed by atoms with Crippen molar-refractivity contribution in [3.8, 4) is 0 Å². The second kappa shape index (κ2) is 8.38. The Morgan fingerprint density at radius 1 is 1.16 bits per heavy atom. The van der Waals surface area contributed by atoms with Gasteiger partial charge in [0.25, 0.3) is 0 Å². The summed E-state index contributed by atoms with van der Waals surface area (Å²) in [5.74, 6) is -2.57. The Bertz CT molecular complexity index is 1230. The molecule has 0 unspecified atom stereocenters. The number of oxazole rings is 1. The molecule has 1 aromatic carbocycles. The van der Waals surface area contributed by atoms with Gasteiger partial charge < -0.3 is 19.2 Å². The SMILES string of the molecule is COC(=O)c1c(NC(=O)Cn2c(=O)oc3ccccc32)sc(C(=O)OC(C)(C)C)c1C. The van der Waals surface area contributed by atoms with Crippen LogP contribution in [0.1, 0.15) is 46.4 Å². The van der Waals surface area contributed by atoms with E-state index in [1.807, 2.05) is 0 Å². The zero-order chi connectivity index (χ0) is 22.9. The fraction of sp³-hybridized carbons (Fsp3) is 0.333. The van der Waals surface area contributed by atoms with Crippen LogP contribution in [-0.4, -0.2) is 35.1 Å². The van der Waals surface area contributed by atoms with Gasteiger partial charge in [0.05, 0.1) is 18.2 Å². The number of amides is 1. The molecule has 0 aliphatic carbocycles. The predicted octanol–water partition coefficient (Wildman–Crippen LogP) is 3.35. The normalized spacial score (nSPS) is 11.4. The predicted molar refractivity (Wildman–Crippen MR) is 115 cm³/mol. The molecule has 0 saturated carbocycles. The summed E-state index contributed by atoms with van der Waals surface area (Å²) < 4.78 is 16.5. The first-order valence-corrected chi connectivity index (χ1v) is 10.2. The second-order valence-corrected chi connectivity index (χ2v) is 8.74. The van der Waals surface area contributed by atoms with Crippen LogP contribution >= 0.6 is 11.3 Å². The zero-order valence-electron chi connectivity index (χ0n) is 17.7. The second-order valence-electron chi connectivity index (χ2n) is 7.72. The summed E-state index contributed by atoms with van der Waals surface area (Å²) >= 11 is 0.909. The van der Waals surface area contributed by atoms with E-state index in [0.29, 0.717) is 16.7 Å². The van der Waals surface area contributed by atoms with Crippen LogP contribution < -0.4 is 11.1 Å². The highest BCUT2D eigenvalue weighted by atomic mass is 32.1. The van der Waals surface area contributed by atoms with Crippen LogP contribution in [0.25, 0.3) is 11.1 Å². The largest absolute Gasteiger partial charge is 0.465 e. The molecule has 0 spiro atoms. The fourth-order valence-corrected chi connectivity index (χ4v) is 4.03. The van der Waals surface area contributed by atoms with Crippen molar-refractivity contribution in [3.63, 3.8) is 0 Å². The van der Waals surface area contributed by atoms with Gasteiger partial charge in [-0.15, -0.1) is 11.3 Å². The van der Waals surface area contributed by atoms with E-state index in [-0.39, 0.29) is 22.0 Å². The summed E-state index contributed by atoms with van der Waals surface area (Å²) in [6.45, 7) is 6.42. The van der Waals surface area contributed by atoms with E-state index in [0.717, 1.165) is 11.3 Å². The van der Waals surface area contributed by atoms with Crippen molar-refractivity contribution >= 4 is 45.3 Å². The number of thiophene rings is 1. The third-order valence-electron chi connectivity index (χ3n) is 4.25. The lowest BCUT2D eigenvalue weighted by molar-refractivity contribution is -0.116. The molecule has 0 aliphatic rings. The molecule has 0 aliphatic heterocycles. The smallest absolute Gasteiger partial charge is 0.420 e. The minimum atomic E-state index is -0.730. The molecule has 0 radical (unpaired) electrons. The summed E-state index contributed by atoms with van der Waals surface area (Å²) in [4.78, 5) is 49.8. The van der Waals surface area contributed by atoms with E-state index in [2.05, 4.69) is 5.32 Å². The van der Waals surface area contributed by atoms with Gasteiger partial charge in [-0.3, -0.25) is 9.36 Å². The number of anilines is 1. The molecule has 0 saturated heterocycles. The Labute approximate surface area is 181 Å². The molecule has 9 nitrogen and oxygen atoms in total. The number of hydrogen-bond acceptors (Lipinski definition) is 8. The van der Waals surface area contributed by atoms with Crippen LogP contribution in [-0.2, 0) is 20.8 Å². The van der Waals surface area contributed by atoms with E-state index in [1.54, 1.807) is 52.0 Å². The Morgan fingerprint density at radius 2 is 1.84 bits per heavy atom. The van der Waals surface area contributed by atoms with E-state index in [9.17, 15) is 19.2 Å². The number of carbonyl (C=O) groups excluding carboxylic acids is 3. The van der Waals surface area contributed by atoms with Crippen LogP contribution in [0, 0.1) is 6.92 Å². The number of carbonyl (C=O) groups is 3. The van der Waals surface area contributed by atoms with Gasteiger partial charge in [-0.25, -0.2) is 14.4 Å². The molecule has 3 rings (SSSR count). The average molecular weight is 446 g/mol. The molecule has 1 N–H and O–H groups in total. The lowest BCUT2D eigenvalue weighted by Crippen LogP contribution is -2.25. The Hall–Kier alpha value is -3.40. The van der Waals surface area contributed by atoms with Crippen molar-refractivity contribution in [2.75, 3.05) is 12.4 Å². The van der Waals surface area contributed by atoms with E-state index in [1.165, 1.54) is 11.7 Å². The summed E-state index contributed by atoms with van der Waals surface area (Å²) in [7, 11) is 1.20. The van der Waals surface area contributed by atoms with Gasteiger partial charge in [-0.05, 0) is 45.4 Å². The molecular formula is C21H22N2O7S. The van der Waals surface area contributed by atoms with Crippen LogP contribution in [0.5, 0.6) is 0 Å². The Morgan fingerprint density at radius 3 is 2.48 bits per heavy atom. The van der Waals surface area contributed by atoms with Gasteiger partial charge in [0, 0.05) is 0 Å². The molecule has 0 fully saturated rings. The van der Waals surface area contributed by atoms with E-state index < -0.39 is 29.2 Å². The number of nitrogens with zero attached hydrogens (tertiary/aromatic N) is 1. The maximum atomic E-state index is 12.7. The molecule has 0 bridgehead atoms. The van der Waals surface area contributed by atoms with Crippen molar-refractivity contribution < 1.29 is 28.3 Å². The number of benzene rings is 1. The number of nitrogens with one attached hydrogen (secondary N) is 1. The van der Waals surface area contributed by atoms with Gasteiger partial charge >= 0.3 is 17.7 Å². The Kier molecular flexibility index (Phi) is 6.03. The molecule has 31 heavy (non-hydrogen) atoms. The van der Waals surface area contributed by atoms with Gasteiger partial charge in [0.2, 0.25) is 5.91 Å². The minimum Gasteiger partial charge on any atom is -0.465 e. The standard InChI is InChI=1S/C21H22N2O7S/c1-11-15(18(25)28-5)17(31-16(11)19(26)30-21(2,3)4)22-14(24)10-23-12-8-6-7-9-13(12)29-20(23)27/h6-9H,10H2,1-5H3,(H,22,24). The number of ether oxygens (including phenoxy) is 2. The van der Waals surface area contributed by atoms with Gasteiger partial charge in [0.1, 0.15) is 22.0 Å². The first kappa shape index (κ1) is 22.3. The van der Waals surface area contributed by atoms with Crippen LogP contribution in [0.2, 0.25) is 0 Å². The van der Waals surface area contributed by atoms with Crippen LogP contribution in [0.15, 0.2) is 33.5 Å². The maximum absolute atomic E-state index is 12.7. The molecule has 164 valence electrons. The third-order valence-corrected chi connectivity index (χ3v) is 5.44. The first-order valence-electron chi connectivity index (χ1n) is 9.35. The quantitative estimate of drug-likeness (QED) is 0.597. The molecule has 2 aromatic heterocycles. The highest BCUT2D eigenvalue weighted by Crippen LogP contribution is 2.35. The molecule has 0 atom stereocenters. The Balaban J connectivity index is 1.92. The molecule has 3 aromatic rings. The number of methoxy groups -OCH3 is 1. The van der Waals surface area contributed by atoms with Crippen molar-refractivity contribution in [1.29, 1.82) is 0 Å². The highest BCUT2D eigenvalue weighted by molar-refractivity contribution is 7.18. The fourth-order valence-electron chi connectivity index (χ4n) is 2.94. The number of hydrogen-bond donors (Lipinski definition) is 1. The van der Waals surface area contributed by atoms with E-state index in [4.69, 9.17) is 13.9 Å².